The minimum Gasteiger partial charge on any atom is -0.466 e. The number of ether oxygens (including phenoxy) is 1. The first kappa shape index (κ1) is 87.6. The van der Waals surface area contributed by atoms with E-state index in [0.29, 0.717) is 25.9 Å². The minimum absolute atomic E-state index is 0.0223. The molecule has 0 aliphatic rings. The number of amides is 1. The third kappa shape index (κ3) is 75.5. The van der Waals surface area contributed by atoms with E-state index in [1.54, 1.807) is 0 Å². The molecule has 2 unspecified atom stereocenters. The summed E-state index contributed by atoms with van der Waals surface area (Å²) in [5, 5.41) is 23.5. The summed E-state index contributed by atoms with van der Waals surface area (Å²) in [5.74, 6) is -0.00222. The van der Waals surface area contributed by atoms with Crippen LogP contribution in [0.1, 0.15) is 483 Å². The normalized spacial score (nSPS) is 12.4. The van der Waals surface area contributed by atoms with E-state index < -0.39 is 12.1 Å². The third-order valence-electron chi connectivity index (χ3n) is 19.8. The smallest absolute Gasteiger partial charge is 0.305 e. The van der Waals surface area contributed by atoms with Crippen LogP contribution in [0, 0.1) is 0 Å². The lowest BCUT2D eigenvalue weighted by atomic mass is 10.0. The van der Waals surface area contributed by atoms with Gasteiger partial charge >= 0.3 is 5.97 Å². The second-order valence-electron chi connectivity index (χ2n) is 28.8. The Morgan fingerprint density at radius 3 is 0.798 bits per heavy atom. The van der Waals surface area contributed by atoms with Gasteiger partial charge < -0.3 is 20.3 Å². The molecule has 0 aromatic heterocycles. The van der Waals surface area contributed by atoms with Crippen LogP contribution < -0.4 is 5.32 Å². The van der Waals surface area contributed by atoms with Gasteiger partial charge in [0.2, 0.25) is 5.91 Å². The van der Waals surface area contributed by atoms with Crippen molar-refractivity contribution >= 4 is 11.9 Å². The molecule has 0 rings (SSSR count). The van der Waals surface area contributed by atoms with Gasteiger partial charge in [-0.25, -0.2) is 0 Å². The highest BCUT2D eigenvalue weighted by Crippen LogP contribution is 2.21. The molecule has 3 N–H and O–H groups in total. The molecule has 89 heavy (non-hydrogen) atoms. The molecule has 0 aliphatic heterocycles. The van der Waals surface area contributed by atoms with E-state index in [1.807, 2.05) is 0 Å². The van der Waals surface area contributed by atoms with Gasteiger partial charge in [0.05, 0.1) is 25.4 Å². The molecule has 0 aromatic rings. The second kappa shape index (κ2) is 79.0. The number of hydrogen-bond donors (Lipinski definition) is 3. The maximum absolute atomic E-state index is 12.6. The summed E-state index contributed by atoms with van der Waals surface area (Å²) in [4.78, 5) is 24.6. The van der Waals surface area contributed by atoms with E-state index in [4.69, 9.17) is 4.74 Å². The fourth-order valence-electron chi connectivity index (χ4n) is 13.5. The number of carbonyl (C=O) groups excluding carboxylic acids is 2. The number of carbonyl (C=O) groups is 2. The Labute approximate surface area is 559 Å². The van der Waals surface area contributed by atoms with Crippen molar-refractivity contribution < 1.29 is 24.5 Å². The third-order valence-corrected chi connectivity index (χ3v) is 19.8. The molecule has 2 atom stereocenters. The van der Waals surface area contributed by atoms with E-state index in [2.05, 4.69) is 31.3 Å². The number of aliphatic hydroxyl groups is 2. The molecule has 0 radical (unpaired) electrons. The first-order valence-corrected chi connectivity index (χ1v) is 41.4. The predicted octanol–water partition coefficient (Wildman–Crippen LogP) is 27.4. The molecule has 6 nitrogen and oxygen atoms in total. The first-order valence-electron chi connectivity index (χ1n) is 41.4. The Hall–Kier alpha value is -1.40. The minimum atomic E-state index is -0.662. The van der Waals surface area contributed by atoms with Crippen molar-refractivity contribution in [2.24, 2.45) is 0 Å². The number of esters is 1. The Morgan fingerprint density at radius 2 is 0.528 bits per heavy atom. The molecule has 0 bridgehead atoms. The monoisotopic (exact) mass is 1250 g/mol. The molecule has 1 amide bonds. The molecule has 0 heterocycles. The molecule has 0 spiro atoms. The Morgan fingerprint density at radius 1 is 0.303 bits per heavy atom. The summed E-state index contributed by atoms with van der Waals surface area (Å²) in [7, 11) is 0. The lowest BCUT2D eigenvalue weighted by molar-refractivity contribution is -0.143. The number of nitrogens with one attached hydrogen (secondary N) is 1. The zero-order valence-electron chi connectivity index (χ0n) is 61.0. The molecular weight excluding hydrogens is 1090 g/mol. The largest absolute Gasteiger partial charge is 0.466 e. The average molecular weight is 1260 g/mol. The van der Waals surface area contributed by atoms with Crippen LogP contribution >= 0.6 is 0 Å². The van der Waals surface area contributed by atoms with Crippen molar-refractivity contribution in [1.82, 2.24) is 5.32 Å². The van der Waals surface area contributed by atoms with E-state index in [-0.39, 0.29) is 18.5 Å². The highest BCUT2D eigenvalue weighted by Gasteiger charge is 2.20. The van der Waals surface area contributed by atoms with Crippen LogP contribution in [0.3, 0.4) is 0 Å². The molecule has 6 heteroatoms. The number of unbranched alkanes of at least 4 members (excludes halogenated alkanes) is 66. The van der Waals surface area contributed by atoms with E-state index >= 15 is 0 Å². The van der Waals surface area contributed by atoms with Gasteiger partial charge in [-0.15, -0.1) is 0 Å². The number of allylic oxidation sites excluding steroid dienone is 2. The summed E-state index contributed by atoms with van der Waals surface area (Å²) in [6.07, 6.45) is 100. The lowest BCUT2D eigenvalue weighted by Crippen LogP contribution is -2.45. The van der Waals surface area contributed by atoms with Crippen LogP contribution in [0.5, 0.6) is 0 Å². The summed E-state index contributed by atoms with van der Waals surface area (Å²) in [6.45, 7) is 5.01. The second-order valence-corrected chi connectivity index (χ2v) is 28.8. The van der Waals surface area contributed by atoms with Crippen LogP contribution in [-0.2, 0) is 14.3 Å². The molecule has 530 valence electrons. The molecule has 0 saturated carbocycles. The van der Waals surface area contributed by atoms with Gasteiger partial charge in [-0.2, -0.15) is 0 Å². The molecule has 0 aromatic carbocycles. The van der Waals surface area contributed by atoms with E-state index in [0.717, 1.165) is 38.5 Å². The van der Waals surface area contributed by atoms with Crippen LogP contribution in [0.15, 0.2) is 12.2 Å². The van der Waals surface area contributed by atoms with Gasteiger partial charge in [-0.05, 0) is 51.4 Å². The fraction of sp³-hybridized carbons (Fsp3) is 0.952. The van der Waals surface area contributed by atoms with Crippen LogP contribution in [0.25, 0.3) is 0 Å². The van der Waals surface area contributed by atoms with Crippen LogP contribution in [0.2, 0.25) is 0 Å². The fourth-order valence-corrected chi connectivity index (χ4v) is 13.5. The van der Waals surface area contributed by atoms with Crippen molar-refractivity contribution in [2.75, 3.05) is 13.2 Å². The Bertz CT molecular complexity index is 1350. The van der Waals surface area contributed by atoms with Gasteiger partial charge in [-0.1, -0.05) is 431 Å². The zero-order valence-corrected chi connectivity index (χ0v) is 61.0. The van der Waals surface area contributed by atoms with Crippen LogP contribution in [0.4, 0.5) is 0 Å². The van der Waals surface area contributed by atoms with Crippen molar-refractivity contribution in [3.8, 4) is 0 Å². The maximum atomic E-state index is 12.6. The molecule has 0 fully saturated rings. The summed E-state index contributed by atoms with van der Waals surface area (Å²) < 4.78 is 5.48. The summed E-state index contributed by atoms with van der Waals surface area (Å²) >= 11 is 0. The van der Waals surface area contributed by atoms with Gasteiger partial charge in [0.15, 0.2) is 0 Å². The van der Waals surface area contributed by atoms with Crippen molar-refractivity contribution in [3.63, 3.8) is 0 Å². The number of hydrogen-bond acceptors (Lipinski definition) is 5. The lowest BCUT2D eigenvalue weighted by Gasteiger charge is -2.22. The van der Waals surface area contributed by atoms with Crippen molar-refractivity contribution in [2.45, 2.75) is 495 Å². The topological polar surface area (TPSA) is 95.9 Å². The van der Waals surface area contributed by atoms with Crippen molar-refractivity contribution in [1.29, 1.82) is 0 Å². The van der Waals surface area contributed by atoms with Gasteiger partial charge in [-0.3, -0.25) is 9.59 Å². The molecular formula is C83H163NO5. The van der Waals surface area contributed by atoms with Crippen LogP contribution in [-0.4, -0.2) is 47.4 Å². The van der Waals surface area contributed by atoms with Gasteiger partial charge in [0.25, 0.3) is 0 Å². The average Bonchev–Trinajstić information content (AvgIpc) is 3.67. The molecule has 0 aliphatic carbocycles. The first-order chi connectivity index (χ1) is 44.0. The van der Waals surface area contributed by atoms with Crippen molar-refractivity contribution in [3.05, 3.63) is 12.2 Å². The van der Waals surface area contributed by atoms with Gasteiger partial charge in [0.1, 0.15) is 0 Å². The predicted molar refractivity (Wildman–Crippen MR) is 394 cm³/mol. The number of aliphatic hydroxyl groups excluding tert-OH is 2. The zero-order chi connectivity index (χ0) is 64.2. The standard InChI is InChI=1S/C83H163NO5/c1-3-5-7-9-11-13-15-16-17-18-19-20-21-37-40-43-46-49-52-56-59-63-67-71-75-81(86)80(79-85)84-82(87)76-72-68-64-60-57-53-50-47-44-41-38-35-33-31-29-27-25-23-22-24-26-28-30-32-34-36-39-42-45-48-51-54-58-62-66-70-74-78-89-83(88)77-73-69-65-61-55-14-12-10-8-6-4-2/h22,24,80-81,85-86H,3-21,23,25-79H2,1-2H3,(H,84,87)/b24-22-. The SMILES string of the molecule is CCCCCCCCCCCCCCCCCCCCCCCCCCC(O)C(CO)NC(=O)CCCCCCCCCCCCCCCCCCC/C=C\CCCCCCCCCCCCCCCCCCOC(=O)CCCCCCCCCCCCC. The highest BCUT2D eigenvalue weighted by atomic mass is 16.5. The number of rotatable bonds is 79. The maximum Gasteiger partial charge on any atom is 0.305 e. The Kier molecular flexibility index (Phi) is 77.8. The quantitative estimate of drug-likeness (QED) is 0.0320. The Balaban J connectivity index is 3.33. The molecule has 0 saturated heterocycles. The summed E-state index contributed by atoms with van der Waals surface area (Å²) in [5.41, 5.74) is 0. The summed E-state index contributed by atoms with van der Waals surface area (Å²) in [6, 6.07) is -0.539. The van der Waals surface area contributed by atoms with Gasteiger partial charge in [0, 0.05) is 12.8 Å². The van der Waals surface area contributed by atoms with E-state index in [1.165, 1.54) is 411 Å². The highest BCUT2D eigenvalue weighted by molar-refractivity contribution is 5.76. The van der Waals surface area contributed by atoms with E-state index in [9.17, 15) is 19.8 Å².